The molecule has 1 saturated heterocycles. The molecule has 1 aliphatic rings. The maximum absolute atomic E-state index is 12.0. The van der Waals surface area contributed by atoms with Gasteiger partial charge in [-0.05, 0) is 26.7 Å². The lowest BCUT2D eigenvalue weighted by molar-refractivity contribution is -0.138. The SMILES string of the molecule is CC(C)C(C)SC1(CC(=O)O)CN(C(=O)OC(C)(C)C)C1. The molecule has 0 aromatic rings. The maximum Gasteiger partial charge on any atom is 0.410 e. The molecular formula is C15H27NO4S. The van der Waals surface area contributed by atoms with Crippen LogP contribution in [0.5, 0.6) is 0 Å². The van der Waals surface area contributed by atoms with Gasteiger partial charge in [0.25, 0.3) is 0 Å². The molecule has 21 heavy (non-hydrogen) atoms. The van der Waals surface area contributed by atoms with Gasteiger partial charge in [0.15, 0.2) is 0 Å². The number of rotatable bonds is 5. The predicted octanol–water partition coefficient (Wildman–Crippen LogP) is 3.23. The van der Waals surface area contributed by atoms with Crippen molar-refractivity contribution in [1.82, 2.24) is 4.90 Å². The summed E-state index contributed by atoms with van der Waals surface area (Å²) in [7, 11) is 0. The lowest BCUT2D eigenvalue weighted by atomic mass is 9.95. The van der Waals surface area contributed by atoms with E-state index in [4.69, 9.17) is 9.84 Å². The molecule has 1 rings (SSSR count). The molecule has 0 aliphatic carbocycles. The zero-order valence-electron chi connectivity index (χ0n) is 13.8. The number of hydrogen-bond donors (Lipinski definition) is 1. The van der Waals surface area contributed by atoms with Crippen LogP contribution in [0, 0.1) is 5.92 Å². The van der Waals surface area contributed by atoms with E-state index in [0.29, 0.717) is 24.3 Å². The van der Waals surface area contributed by atoms with E-state index in [1.54, 1.807) is 16.7 Å². The lowest BCUT2D eigenvalue weighted by Crippen LogP contribution is -2.63. The maximum atomic E-state index is 12.0. The molecule has 1 fully saturated rings. The van der Waals surface area contributed by atoms with Crippen molar-refractivity contribution < 1.29 is 19.4 Å². The van der Waals surface area contributed by atoms with Crippen LogP contribution in [0.4, 0.5) is 4.79 Å². The molecule has 0 radical (unpaired) electrons. The van der Waals surface area contributed by atoms with Gasteiger partial charge in [-0.2, -0.15) is 0 Å². The third kappa shape index (κ3) is 5.41. The van der Waals surface area contributed by atoms with Gasteiger partial charge in [-0.25, -0.2) is 4.79 Å². The van der Waals surface area contributed by atoms with E-state index < -0.39 is 11.6 Å². The third-order valence-corrected chi connectivity index (χ3v) is 5.28. The molecule has 1 heterocycles. The Bertz CT molecular complexity index is 397. The van der Waals surface area contributed by atoms with E-state index in [1.807, 2.05) is 20.8 Å². The fourth-order valence-electron chi connectivity index (χ4n) is 2.14. The smallest absolute Gasteiger partial charge is 0.410 e. The second-order valence-corrected chi connectivity index (χ2v) is 9.00. The Hall–Kier alpha value is -0.910. The number of carboxylic acids is 1. The van der Waals surface area contributed by atoms with Gasteiger partial charge in [0.05, 0.1) is 11.2 Å². The van der Waals surface area contributed by atoms with Gasteiger partial charge in [0.1, 0.15) is 5.60 Å². The van der Waals surface area contributed by atoms with Gasteiger partial charge in [0.2, 0.25) is 0 Å². The number of thioether (sulfide) groups is 1. The van der Waals surface area contributed by atoms with Gasteiger partial charge in [-0.3, -0.25) is 4.79 Å². The summed E-state index contributed by atoms with van der Waals surface area (Å²) in [6.45, 7) is 12.7. The number of carbonyl (C=O) groups excluding carboxylic acids is 1. The van der Waals surface area contributed by atoms with E-state index in [2.05, 4.69) is 20.8 Å². The lowest BCUT2D eigenvalue weighted by Gasteiger charge is -2.50. The van der Waals surface area contributed by atoms with Crippen LogP contribution in [-0.2, 0) is 9.53 Å². The summed E-state index contributed by atoms with van der Waals surface area (Å²) in [6, 6.07) is 0. The van der Waals surface area contributed by atoms with Crippen LogP contribution in [0.25, 0.3) is 0 Å². The van der Waals surface area contributed by atoms with Crippen molar-refractivity contribution in [2.45, 2.75) is 63.6 Å². The molecule has 1 atom stereocenters. The minimum Gasteiger partial charge on any atom is -0.481 e. The van der Waals surface area contributed by atoms with Crippen molar-refractivity contribution in [2.24, 2.45) is 5.92 Å². The van der Waals surface area contributed by atoms with Gasteiger partial charge in [-0.15, -0.1) is 11.8 Å². The fourth-order valence-corrected chi connectivity index (χ4v) is 3.87. The van der Waals surface area contributed by atoms with Gasteiger partial charge < -0.3 is 14.7 Å². The topological polar surface area (TPSA) is 66.8 Å². The van der Waals surface area contributed by atoms with Crippen LogP contribution in [0.3, 0.4) is 0 Å². The van der Waals surface area contributed by atoms with E-state index in [-0.39, 0.29) is 17.3 Å². The largest absolute Gasteiger partial charge is 0.481 e. The second-order valence-electron chi connectivity index (χ2n) is 7.16. The molecule has 0 spiro atoms. The Morgan fingerprint density at radius 3 is 2.19 bits per heavy atom. The molecule has 0 aromatic heterocycles. The minimum atomic E-state index is -0.817. The molecule has 5 nitrogen and oxygen atoms in total. The van der Waals surface area contributed by atoms with E-state index in [0.717, 1.165) is 0 Å². The van der Waals surface area contributed by atoms with E-state index in [9.17, 15) is 9.59 Å². The molecule has 1 amide bonds. The number of nitrogens with zero attached hydrogens (tertiary/aromatic N) is 1. The summed E-state index contributed by atoms with van der Waals surface area (Å²) in [6.07, 6.45) is -0.282. The Kier molecular flexibility index (Phi) is 5.58. The molecule has 0 saturated carbocycles. The first-order valence-electron chi connectivity index (χ1n) is 7.32. The molecule has 1 aliphatic heterocycles. The summed E-state index contributed by atoms with van der Waals surface area (Å²) < 4.78 is 4.94. The highest BCUT2D eigenvalue weighted by molar-refractivity contribution is 8.01. The number of carbonyl (C=O) groups is 2. The van der Waals surface area contributed by atoms with Crippen molar-refractivity contribution in [2.75, 3.05) is 13.1 Å². The summed E-state index contributed by atoms with van der Waals surface area (Å²) in [5, 5.41) is 9.48. The number of amides is 1. The quantitative estimate of drug-likeness (QED) is 0.843. The van der Waals surface area contributed by atoms with Crippen molar-refractivity contribution in [3.05, 3.63) is 0 Å². The first-order chi connectivity index (χ1) is 9.44. The molecule has 1 N–H and O–H groups in total. The Morgan fingerprint density at radius 2 is 1.81 bits per heavy atom. The van der Waals surface area contributed by atoms with Gasteiger partial charge in [-0.1, -0.05) is 20.8 Å². The number of aliphatic carboxylic acids is 1. The molecule has 6 heteroatoms. The molecule has 0 bridgehead atoms. The molecular weight excluding hydrogens is 290 g/mol. The number of likely N-dealkylation sites (tertiary alicyclic amines) is 1. The Morgan fingerprint density at radius 1 is 1.29 bits per heavy atom. The standard InChI is InChI=1S/C15H27NO4S/c1-10(2)11(3)21-15(7-12(17)18)8-16(9-15)13(19)20-14(4,5)6/h10-11H,7-9H2,1-6H3,(H,17,18). The van der Waals surface area contributed by atoms with Crippen LogP contribution >= 0.6 is 11.8 Å². The van der Waals surface area contributed by atoms with Crippen molar-refractivity contribution in [3.63, 3.8) is 0 Å². The summed E-state index contributed by atoms with van der Waals surface area (Å²) in [4.78, 5) is 24.7. The first-order valence-corrected chi connectivity index (χ1v) is 8.20. The van der Waals surface area contributed by atoms with Crippen LogP contribution in [-0.4, -0.2) is 50.8 Å². The zero-order valence-corrected chi connectivity index (χ0v) is 14.6. The predicted molar refractivity (Wildman–Crippen MR) is 84.7 cm³/mol. The number of carboxylic acid groups (broad SMARTS) is 1. The van der Waals surface area contributed by atoms with Crippen molar-refractivity contribution in [1.29, 1.82) is 0 Å². The molecule has 1 unspecified atom stereocenters. The van der Waals surface area contributed by atoms with Crippen LogP contribution in [0.2, 0.25) is 0 Å². The monoisotopic (exact) mass is 317 g/mol. The zero-order chi connectivity index (χ0) is 16.4. The molecule has 122 valence electrons. The highest BCUT2D eigenvalue weighted by Crippen LogP contribution is 2.43. The number of hydrogen-bond acceptors (Lipinski definition) is 4. The van der Waals surface area contributed by atoms with E-state index >= 15 is 0 Å². The van der Waals surface area contributed by atoms with Crippen LogP contribution < -0.4 is 0 Å². The van der Waals surface area contributed by atoms with Crippen LogP contribution in [0.1, 0.15) is 48.0 Å². The summed E-state index contributed by atoms with van der Waals surface area (Å²) in [5.41, 5.74) is -0.527. The molecule has 0 aromatic carbocycles. The third-order valence-electron chi connectivity index (χ3n) is 3.46. The van der Waals surface area contributed by atoms with Crippen LogP contribution in [0.15, 0.2) is 0 Å². The van der Waals surface area contributed by atoms with Gasteiger partial charge >= 0.3 is 12.1 Å². The Balaban J connectivity index is 2.65. The normalized spacial score (nSPS) is 19.1. The minimum absolute atomic E-state index is 0.0774. The summed E-state index contributed by atoms with van der Waals surface area (Å²) >= 11 is 1.68. The first kappa shape index (κ1) is 18.1. The van der Waals surface area contributed by atoms with E-state index in [1.165, 1.54) is 0 Å². The summed E-state index contributed by atoms with van der Waals surface area (Å²) in [5.74, 6) is -0.349. The fraction of sp³-hybridized carbons (Fsp3) is 0.867. The van der Waals surface area contributed by atoms with Gasteiger partial charge in [0, 0.05) is 18.3 Å². The highest BCUT2D eigenvalue weighted by atomic mass is 32.2. The van der Waals surface area contributed by atoms with Crippen molar-refractivity contribution in [3.8, 4) is 0 Å². The average Bonchev–Trinajstić information content (AvgIpc) is 2.21. The van der Waals surface area contributed by atoms with Crippen molar-refractivity contribution >= 4 is 23.8 Å². The average molecular weight is 317 g/mol. The highest BCUT2D eigenvalue weighted by Gasteiger charge is 2.49. The second kappa shape index (κ2) is 6.46. The Labute approximate surface area is 131 Å². The number of ether oxygens (including phenoxy) is 1.